The lowest BCUT2D eigenvalue weighted by atomic mass is 9.67. The predicted molar refractivity (Wildman–Crippen MR) is 99.0 cm³/mol. The summed E-state index contributed by atoms with van der Waals surface area (Å²) >= 11 is 0. The first kappa shape index (κ1) is 19.0. The molecule has 2 atom stereocenters. The van der Waals surface area contributed by atoms with Gasteiger partial charge in [0.05, 0.1) is 0 Å². The number of nitrogens with one attached hydrogen (secondary N) is 2. The Bertz CT molecular complexity index is 638. The molecule has 2 aliphatic rings. The second-order valence-electron chi connectivity index (χ2n) is 7.58. The summed E-state index contributed by atoms with van der Waals surface area (Å²) < 4.78 is 5.13. The van der Waals surface area contributed by atoms with Crippen molar-refractivity contribution in [3.63, 3.8) is 0 Å². The topological polar surface area (TPSA) is 67.4 Å². The molecule has 0 bridgehead atoms. The van der Waals surface area contributed by atoms with Crippen molar-refractivity contribution < 1.29 is 14.3 Å². The number of amides is 2. The number of carbonyl (C=O) groups is 2. The third kappa shape index (κ3) is 5.34. The fraction of sp³-hybridized carbons (Fsp3) is 0.500. The Hall–Kier alpha value is -2.30. The number of hydrogen-bond acceptors (Lipinski definition) is 3. The number of fused-ring (bicyclic) bond motifs is 1. The molecule has 2 N–H and O–H groups in total. The zero-order chi connectivity index (χ0) is 18.5. The normalized spacial score (nSPS) is 24.3. The molecule has 0 aromatic heterocycles. The number of rotatable bonds is 5. The zero-order valence-electron chi connectivity index (χ0n) is 15.5. The third-order valence-electron chi connectivity index (χ3n) is 4.37. The van der Waals surface area contributed by atoms with Crippen molar-refractivity contribution >= 4 is 12.0 Å². The highest BCUT2D eigenvalue weighted by molar-refractivity contribution is 5.77. The van der Waals surface area contributed by atoms with E-state index in [0.29, 0.717) is 12.5 Å². The Morgan fingerprint density at radius 1 is 1.16 bits per heavy atom. The highest BCUT2D eigenvalue weighted by Gasteiger charge is 2.34. The van der Waals surface area contributed by atoms with Crippen LogP contribution in [-0.2, 0) is 9.53 Å². The average Bonchev–Trinajstić information content (AvgIpc) is 2.50. The van der Waals surface area contributed by atoms with Crippen LogP contribution >= 0.6 is 0 Å². The fourth-order valence-electron chi connectivity index (χ4n) is 2.93. The van der Waals surface area contributed by atoms with Crippen LogP contribution in [0.25, 0.3) is 0 Å². The Balaban J connectivity index is 1.76. The Kier molecular flexibility index (Phi) is 5.88. The van der Waals surface area contributed by atoms with Gasteiger partial charge in [0.1, 0.15) is 5.60 Å². The van der Waals surface area contributed by atoms with Crippen LogP contribution in [0.2, 0.25) is 0 Å². The summed E-state index contributed by atoms with van der Waals surface area (Å²) in [6.07, 6.45) is 14.5. The van der Waals surface area contributed by atoms with Crippen molar-refractivity contribution in [2.24, 2.45) is 11.3 Å². The van der Waals surface area contributed by atoms with Crippen LogP contribution in [0.15, 0.2) is 48.1 Å². The summed E-state index contributed by atoms with van der Waals surface area (Å²) in [5.41, 5.74) is 0.543. The highest BCUT2D eigenvalue weighted by atomic mass is 16.6. The SMILES string of the molecule is CC(C)(C)OC(=O)NCCC(=O)NCC1=CC=CC2C=CC=CC12C. The van der Waals surface area contributed by atoms with Crippen LogP contribution < -0.4 is 10.6 Å². The minimum atomic E-state index is -0.540. The van der Waals surface area contributed by atoms with Crippen LogP contribution in [0.5, 0.6) is 0 Å². The summed E-state index contributed by atoms with van der Waals surface area (Å²) in [4.78, 5) is 23.6. The van der Waals surface area contributed by atoms with E-state index in [2.05, 4.69) is 54.0 Å². The molecule has 0 saturated heterocycles. The number of ether oxygens (including phenoxy) is 1. The number of alkyl carbamates (subject to hydrolysis) is 1. The van der Waals surface area contributed by atoms with Gasteiger partial charge in [-0.1, -0.05) is 49.5 Å². The lowest BCUT2D eigenvalue weighted by Gasteiger charge is -2.38. The van der Waals surface area contributed by atoms with Crippen LogP contribution in [0.1, 0.15) is 34.1 Å². The maximum Gasteiger partial charge on any atom is 0.407 e. The second kappa shape index (κ2) is 7.72. The van der Waals surface area contributed by atoms with E-state index in [-0.39, 0.29) is 24.3 Å². The molecular formula is C20H28N2O3. The molecule has 2 amide bonds. The van der Waals surface area contributed by atoms with Gasteiger partial charge < -0.3 is 15.4 Å². The third-order valence-corrected chi connectivity index (χ3v) is 4.37. The Morgan fingerprint density at radius 3 is 2.60 bits per heavy atom. The van der Waals surface area contributed by atoms with Crippen LogP contribution in [0, 0.1) is 11.3 Å². The molecule has 5 nitrogen and oxygen atoms in total. The van der Waals surface area contributed by atoms with Gasteiger partial charge in [0.15, 0.2) is 0 Å². The number of hydrogen-bond donors (Lipinski definition) is 2. The molecule has 0 spiro atoms. The van der Waals surface area contributed by atoms with Crippen LogP contribution in [0.3, 0.4) is 0 Å². The molecule has 0 heterocycles. The summed E-state index contributed by atoms with van der Waals surface area (Å²) in [5, 5.41) is 5.53. The van der Waals surface area contributed by atoms with Crippen molar-refractivity contribution in [2.45, 2.75) is 39.7 Å². The lowest BCUT2D eigenvalue weighted by molar-refractivity contribution is -0.120. The van der Waals surface area contributed by atoms with E-state index >= 15 is 0 Å². The van der Waals surface area contributed by atoms with Gasteiger partial charge in [0, 0.05) is 30.8 Å². The standard InChI is InChI=1S/C20H28N2O3/c1-19(2,3)25-18(24)21-13-11-17(23)22-14-16-10-7-9-15-8-5-6-12-20(15,16)4/h5-10,12,15H,11,13-14H2,1-4H3,(H,21,24)(H,22,23). The molecule has 0 fully saturated rings. The first-order valence-electron chi connectivity index (χ1n) is 8.68. The monoisotopic (exact) mass is 344 g/mol. The van der Waals surface area contributed by atoms with Gasteiger partial charge in [-0.3, -0.25) is 4.79 Å². The van der Waals surface area contributed by atoms with Crippen molar-refractivity contribution in [2.75, 3.05) is 13.1 Å². The largest absolute Gasteiger partial charge is 0.444 e. The molecule has 2 unspecified atom stereocenters. The summed E-state index contributed by atoms with van der Waals surface area (Å²) in [5.74, 6) is 0.227. The second-order valence-corrected chi connectivity index (χ2v) is 7.58. The predicted octanol–water partition coefficient (Wildman–Crippen LogP) is 3.26. The summed E-state index contributed by atoms with van der Waals surface area (Å²) in [6, 6.07) is 0. The van der Waals surface area contributed by atoms with Crippen LogP contribution in [-0.4, -0.2) is 30.7 Å². The molecule has 25 heavy (non-hydrogen) atoms. The molecule has 0 aromatic rings. The van der Waals surface area contributed by atoms with Gasteiger partial charge >= 0.3 is 6.09 Å². The molecule has 2 rings (SSSR count). The minimum Gasteiger partial charge on any atom is -0.444 e. The molecule has 0 saturated carbocycles. The van der Waals surface area contributed by atoms with Crippen molar-refractivity contribution in [3.05, 3.63) is 48.1 Å². The molecule has 0 radical (unpaired) electrons. The molecule has 2 aliphatic carbocycles. The van der Waals surface area contributed by atoms with Crippen molar-refractivity contribution in [3.8, 4) is 0 Å². The summed E-state index contributed by atoms with van der Waals surface area (Å²) in [6.45, 7) is 8.34. The zero-order valence-corrected chi connectivity index (χ0v) is 15.5. The van der Waals surface area contributed by atoms with Gasteiger partial charge in [0.2, 0.25) is 5.91 Å². The number of carbonyl (C=O) groups excluding carboxylic acids is 2. The van der Waals surface area contributed by atoms with E-state index in [1.165, 1.54) is 5.57 Å². The summed E-state index contributed by atoms with van der Waals surface area (Å²) in [7, 11) is 0. The smallest absolute Gasteiger partial charge is 0.407 e. The van der Waals surface area contributed by atoms with Gasteiger partial charge in [0.25, 0.3) is 0 Å². The lowest BCUT2D eigenvalue weighted by Crippen LogP contribution is -2.37. The van der Waals surface area contributed by atoms with Gasteiger partial charge in [-0.15, -0.1) is 0 Å². The maximum absolute atomic E-state index is 12.0. The Labute approximate surface area is 149 Å². The van der Waals surface area contributed by atoms with E-state index < -0.39 is 11.7 Å². The first-order valence-corrected chi connectivity index (χ1v) is 8.68. The maximum atomic E-state index is 12.0. The van der Waals surface area contributed by atoms with E-state index in [0.717, 1.165) is 0 Å². The van der Waals surface area contributed by atoms with Gasteiger partial charge in [-0.25, -0.2) is 4.79 Å². The molecule has 5 heteroatoms. The van der Waals surface area contributed by atoms with E-state index in [9.17, 15) is 9.59 Å². The van der Waals surface area contributed by atoms with E-state index in [1.807, 2.05) is 6.08 Å². The van der Waals surface area contributed by atoms with Crippen molar-refractivity contribution in [1.82, 2.24) is 10.6 Å². The van der Waals surface area contributed by atoms with Gasteiger partial charge in [-0.2, -0.15) is 0 Å². The van der Waals surface area contributed by atoms with E-state index in [4.69, 9.17) is 4.74 Å². The molecule has 0 aromatic carbocycles. The highest BCUT2D eigenvalue weighted by Crippen LogP contribution is 2.42. The number of allylic oxidation sites excluding steroid dienone is 7. The molecular weight excluding hydrogens is 316 g/mol. The Morgan fingerprint density at radius 2 is 1.88 bits per heavy atom. The first-order chi connectivity index (χ1) is 11.7. The average molecular weight is 344 g/mol. The van der Waals surface area contributed by atoms with Crippen LogP contribution in [0.4, 0.5) is 4.79 Å². The van der Waals surface area contributed by atoms with Gasteiger partial charge in [-0.05, 0) is 26.3 Å². The molecule has 0 aliphatic heterocycles. The minimum absolute atomic E-state index is 0.0917. The van der Waals surface area contributed by atoms with Crippen molar-refractivity contribution in [1.29, 1.82) is 0 Å². The molecule has 136 valence electrons. The van der Waals surface area contributed by atoms with E-state index in [1.54, 1.807) is 20.8 Å². The fourth-order valence-corrected chi connectivity index (χ4v) is 2.93. The quantitative estimate of drug-likeness (QED) is 0.804.